The van der Waals surface area contributed by atoms with Crippen LogP contribution in [-0.2, 0) is 19.5 Å². The largest absolute Gasteiger partial charge is 0.496 e. The van der Waals surface area contributed by atoms with Gasteiger partial charge >= 0.3 is 0 Å². The maximum absolute atomic E-state index is 5.36. The van der Waals surface area contributed by atoms with E-state index in [4.69, 9.17) is 4.74 Å². The van der Waals surface area contributed by atoms with Crippen LogP contribution >= 0.6 is 0 Å². The number of aryl methyl sites for hydroxylation is 1. The van der Waals surface area contributed by atoms with Gasteiger partial charge in [0.1, 0.15) is 11.6 Å². The van der Waals surface area contributed by atoms with Crippen molar-refractivity contribution in [2.75, 3.05) is 20.2 Å². The minimum absolute atomic E-state index is 0.918. The molecule has 2 heterocycles. The maximum atomic E-state index is 5.36. The lowest BCUT2D eigenvalue weighted by atomic mass is 10.1. The molecule has 0 saturated heterocycles. The number of nitrogens with zero attached hydrogens (tertiary/aromatic N) is 4. The van der Waals surface area contributed by atoms with E-state index in [9.17, 15) is 0 Å². The fourth-order valence-corrected chi connectivity index (χ4v) is 3.62. The predicted octanol–water partition coefficient (Wildman–Crippen LogP) is 3.32. The summed E-state index contributed by atoms with van der Waals surface area (Å²) < 4.78 is 7.64. The third-order valence-corrected chi connectivity index (χ3v) is 5.02. The van der Waals surface area contributed by atoms with Crippen LogP contribution in [-0.4, -0.2) is 39.9 Å². The van der Waals surface area contributed by atoms with Crippen LogP contribution in [0.15, 0.2) is 48.5 Å². The van der Waals surface area contributed by atoms with Crippen LogP contribution < -0.4 is 4.74 Å². The first kappa shape index (κ1) is 16.8. The van der Waals surface area contributed by atoms with Gasteiger partial charge in [-0.3, -0.25) is 4.90 Å². The van der Waals surface area contributed by atoms with Gasteiger partial charge in [0, 0.05) is 38.2 Å². The van der Waals surface area contributed by atoms with Crippen molar-refractivity contribution in [2.45, 2.75) is 26.4 Å². The van der Waals surface area contributed by atoms with Gasteiger partial charge < -0.3 is 9.30 Å². The number of methoxy groups -OCH3 is 1. The molecular weight excluding hydrogens is 324 g/mol. The average molecular weight is 348 g/mol. The zero-order valence-electron chi connectivity index (χ0n) is 15.4. The summed E-state index contributed by atoms with van der Waals surface area (Å²) in [6.45, 7) is 5.96. The predicted molar refractivity (Wildman–Crippen MR) is 102 cm³/mol. The smallest absolute Gasteiger partial charge is 0.164 e. The molecule has 5 nitrogen and oxygen atoms in total. The first-order valence-corrected chi connectivity index (χ1v) is 9.08. The minimum atomic E-state index is 0.918. The zero-order valence-corrected chi connectivity index (χ0v) is 15.4. The van der Waals surface area contributed by atoms with Crippen molar-refractivity contribution in [2.24, 2.45) is 0 Å². The van der Waals surface area contributed by atoms with Crippen molar-refractivity contribution in [3.63, 3.8) is 0 Å². The van der Waals surface area contributed by atoms with Crippen molar-refractivity contribution in [1.82, 2.24) is 19.7 Å². The van der Waals surface area contributed by atoms with Crippen molar-refractivity contribution in [3.05, 3.63) is 65.5 Å². The van der Waals surface area contributed by atoms with Crippen molar-refractivity contribution in [3.8, 4) is 17.1 Å². The average Bonchev–Trinajstić information content (AvgIpc) is 2.97. The lowest BCUT2D eigenvalue weighted by Crippen LogP contribution is -2.26. The maximum Gasteiger partial charge on any atom is 0.164 e. The first-order chi connectivity index (χ1) is 12.7. The van der Waals surface area contributed by atoms with Gasteiger partial charge in [0.25, 0.3) is 0 Å². The molecule has 3 aromatic rings. The molecular formula is C21H24N4O. The Morgan fingerprint density at radius 2 is 1.85 bits per heavy atom. The zero-order chi connectivity index (χ0) is 17.9. The Balaban J connectivity index is 1.49. The van der Waals surface area contributed by atoms with Gasteiger partial charge in [-0.05, 0) is 24.1 Å². The van der Waals surface area contributed by atoms with Crippen LogP contribution in [0.4, 0.5) is 0 Å². The number of hydrogen-bond acceptors (Lipinski definition) is 4. The topological polar surface area (TPSA) is 43.2 Å². The molecule has 0 saturated carbocycles. The third-order valence-electron chi connectivity index (χ3n) is 5.02. The molecule has 0 aliphatic carbocycles. The standard InChI is InChI=1S/C21H24N4O/c1-16-14-17(8-9-19(16)26-2)15-24-11-10-20-22-23-21(25(20)13-12-24)18-6-4-3-5-7-18/h3-9,14H,10-13,15H2,1-2H3. The molecule has 5 heteroatoms. The second-order valence-corrected chi connectivity index (χ2v) is 6.79. The Bertz CT molecular complexity index is 888. The molecule has 2 aromatic carbocycles. The number of hydrogen-bond donors (Lipinski definition) is 0. The number of benzene rings is 2. The Kier molecular flexibility index (Phi) is 4.71. The number of fused-ring (bicyclic) bond motifs is 1. The Morgan fingerprint density at radius 3 is 2.62 bits per heavy atom. The van der Waals surface area contributed by atoms with Crippen molar-refractivity contribution < 1.29 is 4.74 Å². The molecule has 0 atom stereocenters. The van der Waals surface area contributed by atoms with Gasteiger partial charge in [-0.2, -0.15) is 0 Å². The van der Waals surface area contributed by atoms with Crippen LogP contribution in [0.5, 0.6) is 5.75 Å². The SMILES string of the molecule is COc1ccc(CN2CCc3nnc(-c4ccccc4)n3CC2)cc1C. The van der Waals surface area contributed by atoms with Gasteiger partial charge in [0.15, 0.2) is 5.82 Å². The van der Waals surface area contributed by atoms with Gasteiger partial charge in [-0.1, -0.05) is 42.5 Å². The molecule has 0 spiro atoms. The van der Waals surface area contributed by atoms with Crippen molar-refractivity contribution >= 4 is 0 Å². The van der Waals surface area contributed by atoms with Gasteiger partial charge in [0.2, 0.25) is 0 Å². The summed E-state index contributed by atoms with van der Waals surface area (Å²) in [5, 5.41) is 8.87. The molecule has 0 radical (unpaired) electrons. The molecule has 0 unspecified atom stereocenters. The van der Waals surface area contributed by atoms with Gasteiger partial charge in [0.05, 0.1) is 7.11 Å². The van der Waals surface area contributed by atoms with E-state index in [1.54, 1.807) is 7.11 Å². The molecule has 0 amide bonds. The van der Waals surface area contributed by atoms with Crippen LogP contribution in [0.1, 0.15) is 17.0 Å². The highest BCUT2D eigenvalue weighted by molar-refractivity contribution is 5.55. The second-order valence-electron chi connectivity index (χ2n) is 6.79. The summed E-state index contributed by atoms with van der Waals surface area (Å²) in [6.07, 6.45) is 0.926. The molecule has 0 N–H and O–H groups in total. The van der Waals surface area contributed by atoms with E-state index in [2.05, 4.69) is 56.9 Å². The molecule has 1 aliphatic rings. The molecule has 1 aromatic heterocycles. The Labute approximate surface area is 154 Å². The van der Waals surface area contributed by atoms with Gasteiger partial charge in [-0.15, -0.1) is 10.2 Å². The normalized spacial score (nSPS) is 14.7. The summed E-state index contributed by atoms with van der Waals surface area (Å²) in [7, 11) is 1.72. The van der Waals surface area contributed by atoms with Crippen LogP contribution in [0.25, 0.3) is 11.4 Å². The number of aromatic nitrogens is 3. The Morgan fingerprint density at radius 1 is 1.00 bits per heavy atom. The summed E-state index contributed by atoms with van der Waals surface area (Å²) >= 11 is 0. The summed E-state index contributed by atoms with van der Waals surface area (Å²) in [5.74, 6) is 3.00. The first-order valence-electron chi connectivity index (χ1n) is 9.08. The second kappa shape index (κ2) is 7.30. The minimum Gasteiger partial charge on any atom is -0.496 e. The van der Waals surface area contributed by atoms with Crippen LogP contribution in [0.2, 0.25) is 0 Å². The monoisotopic (exact) mass is 348 g/mol. The van der Waals surface area contributed by atoms with E-state index >= 15 is 0 Å². The number of rotatable bonds is 4. The van der Waals surface area contributed by atoms with Crippen molar-refractivity contribution in [1.29, 1.82) is 0 Å². The molecule has 1 aliphatic heterocycles. The highest BCUT2D eigenvalue weighted by Crippen LogP contribution is 2.22. The quantitative estimate of drug-likeness (QED) is 0.725. The highest BCUT2D eigenvalue weighted by Gasteiger charge is 2.19. The summed E-state index contributed by atoms with van der Waals surface area (Å²) in [4.78, 5) is 2.49. The van der Waals surface area contributed by atoms with E-state index in [1.807, 2.05) is 18.2 Å². The van der Waals surface area contributed by atoms with E-state index in [0.717, 1.165) is 55.6 Å². The van der Waals surface area contributed by atoms with E-state index in [-0.39, 0.29) is 0 Å². The van der Waals surface area contributed by atoms with E-state index in [1.165, 1.54) is 11.1 Å². The lowest BCUT2D eigenvalue weighted by Gasteiger charge is -2.20. The van der Waals surface area contributed by atoms with Crippen LogP contribution in [0.3, 0.4) is 0 Å². The van der Waals surface area contributed by atoms with Gasteiger partial charge in [-0.25, -0.2) is 0 Å². The lowest BCUT2D eigenvalue weighted by molar-refractivity contribution is 0.271. The fraction of sp³-hybridized carbons (Fsp3) is 0.333. The fourth-order valence-electron chi connectivity index (χ4n) is 3.62. The molecule has 26 heavy (non-hydrogen) atoms. The molecule has 0 fully saturated rings. The third kappa shape index (κ3) is 3.35. The van der Waals surface area contributed by atoms with Crippen LogP contribution in [0, 0.1) is 6.92 Å². The van der Waals surface area contributed by atoms with E-state index in [0.29, 0.717) is 0 Å². The molecule has 0 bridgehead atoms. The van der Waals surface area contributed by atoms with E-state index < -0.39 is 0 Å². The molecule has 4 rings (SSSR count). The highest BCUT2D eigenvalue weighted by atomic mass is 16.5. The summed E-state index contributed by atoms with van der Waals surface area (Å²) in [6, 6.07) is 16.8. The Hall–Kier alpha value is -2.66. The molecule has 134 valence electrons. The summed E-state index contributed by atoms with van der Waals surface area (Å²) in [5.41, 5.74) is 3.64. The number of ether oxygens (including phenoxy) is 1.